The summed E-state index contributed by atoms with van der Waals surface area (Å²) < 4.78 is 5.48. The average Bonchev–Trinajstić information content (AvgIpc) is 3.43. The molecule has 0 saturated heterocycles. The molecule has 0 aromatic heterocycles. The molecule has 0 saturated carbocycles. The first-order valence-electron chi connectivity index (χ1n) is 34.4. The first kappa shape index (κ1) is 74.8. The lowest BCUT2D eigenvalue weighted by Crippen LogP contribution is -2.45. The highest BCUT2D eigenvalue weighted by atomic mass is 16.5. The normalized spacial score (nSPS) is 12.8. The summed E-state index contributed by atoms with van der Waals surface area (Å²) in [4.78, 5) is 24.6. The zero-order chi connectivity index (χ0) is 55.7. The Morgan fingerprint density at radius 3 is 1.03 bits per heavy atom. The van der Waals surface area contributed by atoms with Gasteiger partial charge in [0, 0.05) is 12.8 Å². The molecule has 0 aliphatic carbocycles. The summed E-state index contributed by atoms with van der Waals surface area (Å²) in [5, 5.41) is 23.3. The van der Waals surface area contributed by atoms with Gasteiger partial charge < -0.3 is 20.3 Å². The number of hydrogen-bond donors (Lipinski definition) is 3. The quantitative estimate of drug-likeness (QED) is 0.0320. The van der Waals surface area contributed by atoms with Crippen LogP contribution in [0.3, 0.4) is 0 Å². The van der Waals surface area contributed by atoms with Crippen molar-refractivity contribution in [2.75, 3.05) is 13.2 Å². The van der Waals surface area contributed by atoms with Crippen LogP contribution in [-0.2, 0) is 14.3 Å². The van der Waals surface area contributed by atoms with Crippen molar-refractivity contribution >= 4 is 11.9 Å². The monoisotopic (exact) mass is 1080 g/mol. The van der Waals surface area contributed by atoms with E-state index in [1.54, 1.807) is 6.08 Å². The number of rotatable bonds is 64. The fourth-order valence-electron chi connectivity index (χ4n) is 10.5. The maximum atomic E-state index is 12.5. The number of aliphatic hydroxyl groups excluding tert-OH is 2. The van der Waals surface area contributed by atoms with Gasteiger partial charge in [0.05, 0.1) is 25.4 Å². The van der Waals surface area contributed by atoms with Crippen LogP contribution < -0.4 is 5.32 Å². The first-order chi connectivity index (χ1) is 38.0. The van der Waals surface area contributed by atoms with Gasteiger partial charge in [-0.15, -0.1) is 0 Å². The smallest absolute Gasteiger partial charge is 0.305 e. The summed E-state index contributed by atoms with van der Waals surface area (Å²) in [5.41, 5.74) is 0. The summed E-state index contributed by atoms with van der Waals surface area (Å²) in [7, 11) is 0. The van der Waals surface area contributed by atoms with Crippen LogP contribution in [-0.4, -0.2) is 47.4 Å². The van der Waals surface area contributed by atoms with Gasteiger partial charge in [-0.05, 0) is 89.9 Å². The number of amides is 1. The van der Waals surface area contributed by atoms with Gasteiger partial charge in [0.1, 0.15) is 0 Å². The molecule has 77 heavy (non-hydrogen) atoms. The Hall–Kier alpha value is -2.18. The molecule has 1 amide bonds. The molecule has 0 radical (unpaired) electrons. The molecule has 2 unspecified atom stereocenters. The zero-order valence-electron chi connectivity index (χ0n) is 51.7. The lowest BCUT2D eigenvalue weighted by atomic mass is 10.0. The standard InChI is InChI=1S/C71H133NO5/c1-3-5-7-9-11-13-15-17-19-20-21-22-23-24-26-29-32-36-39-43-47-51-55-59-63-69(74)68(67-73)72-70(75)64-60-56-52-48-44-40-37-33-30-27-25-28-31-34-38-42-46-50-54-58-62-66-77-71(76)65-61-57-53-49-45-41-35-18-16-14-12-10-8-6-4-2/h12,14,18,27,30,35,59,63,68-69,73-74H,3-11,13,15-17,19-26,28-29,31-34,36-58,60-62,64-67H2,1-2H3,(H,72,75)/b14-12-,30-27-,35-18-,63-59+. The number of carbonyl (C=O) groups is 2. The third-order valence-corrected chi connectivity index (χ3v) is 15.8. The van der Waals surface area contributed by atoms with E-state index in [1.807, 2.05) is 6.08 Å². The highest BCUT2D eigenvalue weighted by Gasteiger charge is 2.18. The first-order valence-corrected chi connectivity index (χ1v) is 34.4. The number of nitrogens with one attached hydrogen (secondary N) is 1. The molecule has 0 spiro atoms. The number of ether oxygens (including phenoxy) is 1. The number of hydrogen-bond acceptors (Lipinski definition) is 5. The van der Waals surface area contributed by atoms with E-state index in [1.165, 1.54) is 283 Å². The molecule has 2 atom stereocenters. The predicted octanol–water partition coefficient (Wildman–Crippen LogP) is 22.1. The van der Waals surface area contributed by atoms with Crippen molar-refractivity contribution in [3.05, 3.63) is 48.6 Å². The summed E-state index contributed by atoms with van der Waals surface area (Å²) >= 11 is 0. The number of unbranched alkanes of at least 4 members (excludes halogenated alkanes) is 47. The molecule has 0 rings (SSSR count). The fourth-order valence-corrected chi connectivity index (χ4v) is 10.5. The van der Waals surface area contributed by atoms with Crippen molar-refractivity contribution in [1.82, 2.24) is 5.32 Å². The Bertz CT molecular complexity index is 1290. The topological polar surface area (TPSA) is 95.9 Å². The molecule has 0 fully saturated rings. The Balaban J connectivity index is 3.46. The van der Waals surface area contributed by atoms with Crippen LogP contribution in [0.2, 0.25) is 0 Å². The second-order valence-electron chi connectivity index (χ2n) is 23.5. The van der Waals surface area contributed by atoms with Crippen LogP contribution >= 0.6 is 0 Å². The Labute approximate surface area is 480 Å². The van der Waals surface area contributed by atoms with Crippen LogP contribution in [0.1, 0.15) is 367 Å². The molecular formula is C71H133NO5. The van der Waals surface area contributed by atoms with Gasteiger partial charge >= 0.3 is 5.97 Å². The van der Waals surface area contributed by atoms with Gasteiger partial charge in [0.2, 0.25) is 5.91 Å². The highest BCUT2D eigenvalue weighted by molar-refractivity contribution is 5.76. The third kappa shape index (κ3) is 62.9. The minimum Gasteiger partial charge on any atom is -0.466 e. The molecule has 0 bridgehead atoms. The number of esters is 1. The minimum absolute atomic E-state index is 0.00622. The van der Waals surface area contributed by atoms with Crippen LogP contribution in [0.5, 0.6) is 0 Å². The maximum Gasteiger partial charge on any atom is 0.305 e. The average molecular weight is 1080 g/mol. The molecule has 6 nitrogen and oxygen atoms in total. The molecule has 6 heteroatoms. The molecule has 0 aliphatic rings. The minimum atomic E-state index is -0.852. The zero-order valence-corrected chi connectivity index (χ0v) is 51.7. The van der Waals surface area contributed by atoms with Gasteiger partial charge in [-0.25, -0.2) is 0 Å². The number of aliphatic hydroxyl groups is 2. The van der Waals surface area contributed by atoms with E-state index in [4.69, 9.17) is 4.74 Å². The van der Waals surface area contributed by atoms with E-state index in [-0.39, 0.29) is 18.5 Å². The summed E-state index contributed by atoms with van der Waals surface area (Å²) in [5.74, 6) is -0.0791. The van der Waals surface area contributed by atoms with Crippen LogP contribution in [0, 0.1) is 0 Å². The van der Waals surface area contributed by atoms with E-state index in [2.05, 4.69) is 55.6 Å². The van der Waals surface area contributed by atoms with Crippen LogP contribution in [0.25, 0.3) is 0 Å². The van der Waals surface area contributed by atoms with Gasteiger partial charge in [-0.3, -0.25) is 9.59 Å². The third-order valence-electron chi connectivity index (χ3n) is 15.8. The van der Waals surface area contributed by atoms with E-state index in [0.717, 1.165) is 57.8 Å². The Kier molecular flexibility index (Phi) is 64.5. The van der Waals surface area contributed by atoms with Crippen LogP contribution in [0.4, 0.5) is 0 Å². The van der Waals surface area contributed by atoms with Crippen molar-refractivity contribution in [1.29, 1.82) is 0 Å². The van der Waals surface area contributed by atoms with Gasteiger partial charge in [0.15, 0.2) is 0 Å². The molecule has 0 aliphatic heterocycles. The molecule has 0 heterocycles. The molecule has 452 valence electrons. The number of allylic oxidation sites excluding steroid dienone is 7. The second kappa shape index (κ2) is 66.3. The summed E-state index contributed by atoms with van der Waals surface area (Å²) in [6.45, 7) is 4.89. The number of carbonyl (C=O) groups excluding carboxylic acids is 2. The van der Waals surface area contributed by atoms with Crippen molar-refractivity contribution in [2.45, 2.75) is 379 Å². The lowest BCUT2D eigenvalue weighted by molar-refractivity contribution is -0.143. The van der Waals surface area contributed by atoms with Crippen molar-refractivity contribution < 1.29 is 24.5 Å². The summed E-state index contributed by atoms with van der Waals surface area (Å²) in [6.07, 6.45) is 86.0. The van der Waals surface area contributed by atoms with Gasteiger partial charge in [-0.1, -0.05) is 313 Å². The van der Waals surface area contributed by atoms with E-state index >= 15 is 0 Å². The van der Waals surface area contributed by atoms with Crippen molar-refractivity contribution in [3.63, 3.8) is 0 Å². The fraction of sp³-hybridized carbons (Fsp3) is 0.859. The molecular weight excluding hydrogens is 947 g/mol. The predicted molar refractivity (Wildman–Crippen MR) is 338 cm³/mol. The molecule has 3 N–H and O–H groups in total. The Morgan fingerprint density at radius 2 is 0.649 bits per heavy atom. The van der Waals surface area contributed by atoms with E-state index in [0.29, 0.717) is 19.4 Å². The second-order valence-corrected chi connectivity index (χ2v) is 23.5. The van der Waals surface area contributed by atoms with Crippen molar-refractivity contribution in [2.24, 2.45) is 0 Å². The highest BCUT2D eigenvalue weighted by Crippen LogP contribution is 2.18. The van der Waals surface area contributed by atoms with Gasteiger partial charge in [0.25, 0.3) is 0 Å². The maximum absolute atomic E-state index is 12.5. The largest absolute Gasteiger partial charge is 0.466 e. The van der Waals surface area contributed by atoms with Crippen LogP contribution in [0.15, 0.2) is 48.6 Å². The van der Waals surface area contributed by atoms with E-state index < -0.39 is 12.1 Å². The lowest BCUT2D eigenvalue weighted by Gasteiger charge is -2.20. The molecule has 0 aromatic carbocycles. The summed E-state index contributed by atoms with van der Waals surface area (Å²) in [6, 6.07) is -0.636. The van der Waals surface area contributed by atoms with Crippen molar-refractivity contribution in [3.8, 4) is 0 Å². The molecule has 0 aromatic rings. The van der Waals surface area contributed by atoms with E-state index in [9.17, 15) is 19.8 Å². The SMILES string of the molecule is CCCCC/C=C\C/C=C\CCCCCCCC(=O)OCCCCCCCCCCCC/C=C\CCCCCCCCCC(=O)NC(CO)C(O)/C=C/CCCCCCCCCCCCCCCCCCCCCCCC. The van der Waals surface area contributed by atoms with Gasteiger partial charge in [-0.2, -0.15) is 0 Å². The Morgan fingerprint density at radius 1 is 0.364 bits per heavy atom.